The van der Waals surface area contributed by atoms with Crippen LogP contribution in [0.4, 0.5) is 0 Å². The number of primary sulfonamides is 1. The van der Waals surface area contributed by atoms with Gasteiger partial charge in [-0.25, -0.2) is 13.6 Å². The molecule has 0 radical (unpaired) electrons. The highest BCUT2D eigenvalue weighted by molar-refractivity contribution is 7.89. The Balaban J connectivity index is 2.49. The van der Waals surface area contributed by atoms with E-state index in [2.05, 4.69) is 0 Å². The average Bonchev–Trinajstić information content (AvgIpc) is 2.77. The molecule has 1 aliphatic rings. The van der Waals surface area contributed by atoms with Gasteiger partial charge in [0.1, 0.15) is 5.25 Å². The summed E-state index contributed by atoms with van der Waals surface area (Å²) in [6.45, 7) is 0.592. The SMILES string of the molecule is CO[Si](CCCN1CC(S(N)(=O)=O)CC1=O)(OC)OC. The molecular weight excluding hydrogens is 304 g/mol. The lowest BCUT2D eigenvalue weighted by Gasteiger charge is -2.25. The molecule has 8 nitrogen and oxygen atoms in total. The molecule has 118 valence electrons. The van der Waals surface area contributed by atoms with Crippen molar-refractivity contribution in [2.75, 3.05) is 34.4 Å². The summed E-state index contributed by atoms with van der Waals surface area (Å²) in [5.41, 5.74) is 0. The Labute approximate surface area is 120 Å². The van der Waals surface area contributed by atoms with Crippen molar-refractivity contribution in [3.05, 3.63) is 0 Å². The third-order valence-corrected chi connectivity index (χ3v) is 7.56. The monoisotopic (exact) mass is 326 g/mol. The van der Waals surface area contributed by atoms with Crippen molar-refractivity contribution >= 4 is 24.7 Å². The van der Waals surface area contributed by atoms with Gasteiger partial charge in [0.15, 0.2) is 0 Å². The second kappa shape index (κ2) is 6.96. The van der Waals surface area contributed by atoms with E-state index in [-0.39, 0.29) is 18.9 Å². The fourth-order valence-electron chi connectivity index (χ4n) is 2.21. The number of carbonyl (C=O) groups excluding carboxylic acids is 1. The van der Waals surface area contributed by atoms with Crippen LogP contribution < -0.4 is 5.14 Å². The third kappa shape index (κ3) is 4.23. The molecule has 1 aliphatic heterocycles. The standard InChI is InChI=1S/C10H22N2O6SSi/c1-16-20(17-2,18-3)6-4-5-12-8-9(7-10(12)13)19(11,14)15/h9H,4-8H2,1-3H3,(H2,11,14,15). The average molecular weight is 326 g/mol. The minimum Gasteiger partial charge on any atom is -0.377 e. The van der Waals surface area contributed by atoms with Crippen molar-refractivity contribution in [1.82, 2.24) is 4.90 Å². The van der Waals surface area contributed by atoms with Crippen LogP contribution in [-0.4, -0.2) is 67.7 Å². The third-order valence-electron chi connectivity index (χ3n) is 3.49. The van der Waals surface area contributed by atoms with E-state index >= 15 is 0 Å². The van der Waals surface area contributed by atoms with Crippen LogP contribution in [0.5, 0.6) is 0 Å². The van der Waals surface area contributed by atoms with Crippen molar-refractivity contribution < 1.29 is 26.5 Å². The maximum Gasteiger partial charge on any atom is 0.500 e. The normalized spacial score (nSPS) is 20.7. The molecule has 0 aliphatic carbocycles. The van der Waals surface area contributed by atoms with Crippen LogP contribution in [0.1, 0.15) is 12.8 Å². The van der Waals surface area contributed by atoms with Gasteiger partial charge in [-0.2, -0.15) is 0 Å². The fraction of sp³-hybridized carbons (Fsp3) is 0.900. The summed E-state index contributed by atoms with van der Waals surface area (Å²) in [4.78, 5) is 13.2. The molecule has 2 N–H and O–H groups in total. The Hall–Kier alpha value is -0.523. The van der Waals surface area contributed by atoms with Gasteiger partial charge in [-0.3, -0.25) is 4.79 Å². The van der Waals surface area contributed by atoms with E-state index < -0.39 is 24.1 Å². The Kier molecular flexibility index (Phi) is 6.10. The largest absolute Gasteiger partial charge is 0.500 e. The molecule has 1 saturated heterocycles. The molecule has 1 fully saturated rings. The van der Waals surface area contributed by atoms with Crippen LogP contribution in [0.25, 0.3) is 0 Å². The van der Waals surface area contributed by atoms with Crippen LogP contribution in [0.15, 0.2) is 0 Å². The van der Waals surface area contributed by atoms with E-state index in [9.17, 15) is 13.2 Å². The number of carbonyl (C=O) groups is 1. The summed E-state index contributed by atoms with van der Waals surface area (Å²) < 4.78 is 38.3. The fourth-order valence-corrected chi connectivity index (χ4v) is 4.68. The lowest BCUT2D eigenvalue weighted by molar-refractivity contribution is -0.127. The van der Waals surface area contributed by atoms with Gasteiger partial charge in [0.25, 0.3) is 0 Å². The van der Waals surface area contributed by atoms with E-state index in [4.69, 9.17) is 18.4 Å². The maximum atomic E-state index is 11.7. The zero-order chi connectivity index (χ0) is 15.4. The topological polar surface area (TPSA) is 108 Å². The van der Waals surface area contributed by atoms with Gasteiger partial charge in [0.2, 0.25) is 15.9 Å². The predicted molar refractivity (Wildman–Crippen MR) is 74.3 cm³/mol. The minimum atomic E-state index is -3.66. The number of nitrogens with zero attached hydrogens (tertiary/aromatic N) is 1. The first-order chi connectivity index (χ1) is 9.28. The maximum absolute atomic E-state index is 11.7. The van der Waals surface area contributed by atoms with E-state index in [0.717, 1.165) is 0 Å². The molecule has 0 aromatic carbocycles. The summed E-state index contributed by atoms with van der Waals surface area (Å²) in [6.07, 6.45) is 0.574. The van der Waals surface area contributed by atoms with Gasteiger partial charge in [-0.1, -0.05) is 0 Å². The van der Waals surface area contributed by atoms with E-state index in [1.807, 2.05) is 0 Å². The van der Waals surface area contributed by atoms with Gasteiger partial charge in [0.05, 0.1) is 0 Å². The summed E-state index contributed by atoms with van der Waals surface area (Å²) in [5, 5.41) is 4.27. The summed E-state index contributed by atoms with van der Waals surface area (Å²) in [6, 6.07) is 0.556. The molecule has 0 bridgehead atoms. The lowest BCUT2D eigenvalue weighted by atomic mass is 10.4. The molecule has 10 heteroatoms. The van der Waals surface area contributed by atoms with Crippen molar-refractivity contribution in [2.45, 2.75) is 24.1 Å². The Morgan fingerprint density at radius 1 is 1.30 bits per heavy atom. The second-order valence-electron chi connectivity index (χ2n) is 4.65. The highest BCUT2D eigenvalue weighted by atomic mass is 32.2. The number of amides is 1. The predicted octanol–water partition coefficient (Wildman–Crippen LogP) is -0.856. The molecule has 1 amide bonds. The first-order valence-corrected chi connectivity index (χ1v) is 9.77. The first kappa shape index (κ1) is 17.5. The van der Waals surface area contributed by atoms with Gasteiger partial charge < -0.3 is 18.2 Å². The van der Waals surface area contributed by atoms with E-state index in [0.29, 0.717) is 19.0 Å². The van der Waals surface area contributed by atoms with Gasteiger partial charge in [-0.15, -0.1) is 0 Å². The summed E-state index contributed by atoms with van der Waals surface area (Å²) in [5.74, 6) is -0.191. The zero-order valence-corrected chi connectivity index (χ0v) is 13.8. The van der Waals surface area contributed by atoms with Gasteiger partial charge in [-0.05, 0) is 6.42 Å². The van der Waals surface area contributed by atoms with Crippen molar-refractivity contribution in [3.8, 4) is 0 Å². The molecule has 1 heterocycles. The number of likely N-dealkylation sites (tertiary alicyclic amines) is 1. The molecular formula is C10H22N2O6SSi. The van der Waals surface area contributed by atoms with Gasteiger partial charge >= 0.3 is 8.80 Å². The van der Waals surface area contributed by atoms with E-state index in [1.165, 1.54) is 26.2 Å². The highest BCUT2D eigenvalue weighted by Crippen LogP contribution is 2.19. The molecule has 0 spiro atoms. The summed E-state index contributed by atoms with van der Waals surface area (Å²) >= 11 is 0. The minimum absolute atomic E-state index is 0.0414. The smallest absolute Gasteiger partial charge is 0.377 e. The highest BCUT2D eigenvalue weighted by Gasteiger charge is 2.39. The first-order valence-electron chi connectivity index (χ1n) is 6.23. The van der Waals surface area contributed by atoms with Crippen molar-refractivity contribution in [1.29, 1.82) is 0 Å². The number of rotatable bonds is 8. The molecule has 20 heavy (non-hydrogen) atoms. The number of hydrogen-bond donors (Lipinski definition) is 1. The van der Waals surface area contributed by atoms with Crippen LogP contribution >= 0.6 is 0 Å². The molecule has 0 saturated carbocycles. The van der Waals surface area contributed by atoms with Crippen molar-refractivity contribution in [3.63, 3.8) is 0 Å². The second-order valence-corrected chi connectivity index (χ2v) is 9.59. The van der Waals surface area contributed by atoms with Crippen LogP contribution in [-0.2, 0) is 28.1 Å². The molecule has 1 unspecified atom stereocenters. The zero-order valence-electron chi connectivity index (χ0n) is 12.0. The Morgan fingerprint density at radius 3 is 2.25 bits per heavy atom. The van der Waals surface area contributed by atoms with Crippen LogP contribution in [0, 0.1) is 0 Å². The Morgan fingerprint density at radius 2 is 1.85 bits per heavy atom. The summed E-state index contributed by atoms with van der Waals surface area (Å²) in [7, 11) is -1.73. The van der Waals surface area contributed by atoms with Crippen LogP contribution in [0.3, 0.4) is 0 Å². The lowest BCUT2D eigenvalue weighted by Crippen LogP contribution is -2.43. The Bertz CT molecular complexity index is 431. The van der Waals surface area contributed by atoms with Gasteiger partial charge in [0, 0.05) is 46.9 Å². The van der Waals surface area contributed by atoms with E-state index in [1.54, 1.807) is 0 Å². The molecule has 0 aromatic heterocycles. The van der Waals surface area contributed by atoms with Crippen molar-refractivity contribution in [2.24, 2.45) is 5.14 Å². The number of hydrogen-bond acceptors (Lipinski definition) is 6. The molecule has 1 atom stereocenters. The van der Waals surface area contributed by atoms with Crippen LogP contribution in [0.2, 0.25) is 6.04 Å². The quantitative estimate of drug-likeness (QED) is 0.582. The number of sulfonamides is 1. The molecule has 0 aromatic rings. The number of nitrogens with two attached hydrogens (primary N) is 1. The molecule has 1 rings (SSSR count).